The summed E-state index contributed by atoms with van der Waals surface area (Å²) in [5.74, 6) is 5.44. The first kappa shape index (κ1) is 26.1. The van der Waals surface area contributed by atoms with Crippen molar-refractivity contribution in [2.45, 2.75) is 111 Å². The number of hydrogen-bond donors (Lipinski definition) is 0. The van der Waals surface area contributed by atoms with Crippen LogP contribution in [-0.4, -0.2) is 0 Å². The Labute approximate surface area is 202 Å². The number of rotatable bonds is 0. The Morgan fingerprint density at radius 1 is 0.562 bits per heavy atom. The summed E-state index contributed by atoms with van der Waals surface area (Å²) >= 11 is 0. The molecule has 12 atom stereocenters. The van der Waals surface area contributed by atoms with Crippen LogP contribution in [0, 0.1) is 69.0 Å². The van der Waals surface area contributed by atoms with Gasteiger partial charge in [-0.2, -0.15) is 0 Å². The minimum absolute atomic E-state index is 0.193. The lowest BCUT2D eigenvalue weighted by Crippen LogP contribution is -2.65. The number of fused-ring (bicyclic) bond motifs is 1. The zero-order valence-electron chi connectivity index (χ0n) is 24.6. The SMILES string of the molecule is CC1=C(C)C(C)C(C)C(C)C2(C)C(C)C(C)[C@@]3(C)C(C)C(C)C(C)(C(C)=C1C)[C@@]3(C)C2C. The van der Waals surface area contributed by atoms with E-state index in [1.165, 1.54) is 0 Å². The zero-order chi connectivity index (χ0) is 24.9. The molecule has 0 heteroatoms. The van der Waals surface area contributed by atoms with Gasteiger partial charge in [0.05, 0.1) is 0 Å². The van der Waals surface area contributed by atoms with Gasteiger partial charge in [-0.3, -0.25) is 0 Å². The molecule has 0 amide bonds. The lowest BCUT2D eigenvalue weighted by atomic mass is 9.34. The molecule has 184 valence electrons. The van der Waals surface area contributed by atoms with Crippen molar-refractivity contribution in [2.75, 3.05) is 0 Å². The maximum absolute atomic E-state index is 2.74. The molecule has 3 aliphatic rings. The molecule has 0 aliphatic heterocycles. The van der Waals surface area contributed by atoms with E-state index in [0.29, 0.717) is 58.2 Å². The van der Waals surface area contributed by atoms with E-state index in [0.717, 1.165) is 0 Å². The lowest BCUT2D eigenvalue weighted by molar-refractivity contribution is -0.217. The van der Waals surface area contributed by atoms with E-state index >= 15 is 0 Å². The maximum Gasteiger partial charge on any atom is -0.00231 e. The van der Waals surface area contributed by atoms with Crippen LogP contribution >= 0.6 is 0 Å². The van der Waals surface area contributed by atoms with Crippen molar-refractivity contribution >= 4 is 0 Å². The van der Waals surface area contributed by atoms with Gasteiger partial charge in [0.1, 0.15) is 0 Å². The van der Waals surface area contributed by atoms with Crippen LogP contribution in [0.4, 0.5) is 0 Å². The molecule has 32 heavy (non-hydrogen) atoms. The van der Waals surface area contributed by atoms with E-state index in [1.54, 1.807) is 22.3 Å². The van der Waals surface area contributed by atoms with Gasteiger partial charge in [-0.15, -0.1) is 0 Å². The van der Waals surface area contributed by atoms with E-state index in [2.05, 4.69) is 111 Å². The summed E-state index contributed by atoms with van der Waals surface area (Å²) in [6.45, 7) is 41.4. The van der Waals surface area contributed by atoms with Gasteiger partial charge in [-0.25, -0.2) is 0 Å². The molecule has 2 fully saturated rings. The van der Waals surface area contributed by atoms with Crippen LogP contribution in [0.5, 0.6) is 0 Å². The third-order valence-electron chi connectivity index (χ3n) is 15.0. The fraction of sp³-hybridized carbons (Fsp3) is 0.875. The van der Waals surface area contributed by atoms with Crippen molar-refractivity contribution in [3.8, 4) is 0 Å². The molecule has 2 saturated carbocycles. The molecule has 0 N–H and O–H groups in total. The smallest absolute Gasteiger partial charge is 0.00231 e. The summed E-state index contributed by atoms with van der Waals surface area (Å²) in [6, 6.07) is 0. The molecule has 0 radical (unpaired) electrons. The van der Waals surface area contributed by atoms with Crippen molar-refractivity contribution in [3.63, 3.8) is 0 Å². The minimum atomic E-state index is 0.193. The Bertz CT molecular complexity index is 842. The molecule has 0 aromatic rings. The van der Waals surface area contributed by atoms with Gasteiger partial charge < -0.3 is 0 Å². The molecule has 2 bridgehead atoms. The van der Waals surface area contributed by atoms with E-state index in [1.807, 2.05) is 0 Å². The highest BCUT2D eigenvalue weighted by Gasteiger charge is 2.76. The van der Waals surface area contributed by atoms with Crippen LogP contribution in [0.3, 0.4) is 0 Å². The van der Waals surface area contributed by atoms with E-state index in [4.69, 9.17) is 0 Å². The fourth-order valence-corrected chi connectivity index (χ4v) is 10.6. The van der Waals surface area contributed by atoms with Crippen molar-refractivity contribution in [1.82, 2.24) is 0 Å². The third-order valence-corrected chi connectivity index (χ3v) is 15.0. The van der Waals surface area contributed by atoms with Crippen molar-refractivity contribution in [3.05, 3.63) is 22.3 Å². The first-order chi connectivity index (χ1) is 14.4. The molecule has 0 nitrogen and oxygen atoms in total. The Kier molecular flexibility index (Phi) is 6.10. The van der Waals surface area contributed by atoms with Gasteiger partial charge in [-0.05, 0) is 108 Å². The quantitative estimate of drug-likeness (QED) is 0.351. The van der Waals surface area contributed by atoms with Crippen molar-refractivity contribution < 1.29 is 0 Å². The van der Waals surface area contributed by atoms with Crippen LogP contribution in [0.2, 0.25) is 0 Å². The molecule has 0 heterocycles. The highest BCUT2D eigenvalue weighted by atomic mass is 14.8. The van der Waals surface area contributed by atoms with Gasteiger partial charge in [-0.1, -0.05) is 94.2 Å². The molecule has 0 saturated heterocycles. The van der Waals surface area contributed by atoms with Crippen LogP contribution < -0.4 is 0 Å². The van der Waals surface area contributed by atoms with Gasteiger partial charge >= 0.3 is 0 Å². The summed E-state index contributed by atoms with van der Waals surface area (Å²) in [5.41, 5.74) is 7.51. The van der Waals surface area contributed by atoms with Crippen LogP contribution in [-0.2, 0) is 0 Å². The Morgan fingerprint density at radius 3 is 1.53 bits per heavy atom. The molecule has 0 aromatic carbocycles. The maximum atomic E-state index is 2.74. The largest absolute Gasteiger partial charge is 0.0670 e. The summed E-state index contributed by atoms with van der Waals surface area (Å²) in [5, 5.41) is 0. The minimum Gasteiger partial charge on any atom is -0.0670 e. The molecule has 10 unspecified atom stereocenters. The molecule has 3 aliphatic carbocycles. The summed E-state index contributed by atoms with van der Waals surface area (Å²) in [4.78, 5) is 0. The van der Waals surface area contributed by atoms with Gasteiger partial charge in [0.2, 0.25) is 0 Å². The second kappa shape index (κ2) is 7.49. The number of hydrogen-bond acceptors (Lipinski definition) is 0. The highest BCUT2D eigenvalue weighted by Crippen LogP contribution is 2.81. The Balaban J connectivity index is 2.53. The standard InChI is InChI=1S/C32H56/c1-17-18(2)20(4)22(6)29(13)24(8)25(9)31(15)27(11)26(10)30(14,32(31,16)28(29)12)23(7)21(5)19(17)3/h18,20,22,24-28H,1-16H3/t18?,20?,22?,24?,25?,26?,27?,28?,29?,30?,31-,32+/m0/s1. The summed E-state index contributed by atoms with van der Waals surface area (Å²) in [7, 11) is 0. The van der Waals surface area contributed by atoms with Gasteiger partial charge in [0.25, 0.3) is 0 Å². The van der Waals surface area contributed by atoms with E-state index < -0.39 is 0 Å². The van der Waals surface area contributed by atoms with Crippen molar-refractivity contribution in [1.29, 1.82) is 0 Å². The predicted molar refractivity (Wildman–Crippen MR) is 142 cm³/mol. The van der Waals surface area contributed by atoms with Crippen molar-refractivity contribution in [2.24, 2.45) is 69.0 Å². The first-order valence-corrected chi connectivity index (χ1v) is 13.8. The summed E-state index contributed by atoms with van der Waals surface area (Å²) < 4.78 is 0. The predicted octanol–water partition coefficient (Wildman–Crippen LogP) is 9.81. The molecular formula is C32H56. The Morgan fingerprint density at radius 2 is 1.03 bits per heavy atom. The highest BCUT2D eigenvalue weighted by molar-refractivity contribution is 5.42. The topological polar surface area (TPSA) is 0 Å². The molecule has 0 spiro atoms. The van der Waals surface area contributed by atoms with E-state index in [-0.39, 0.29) is 10.8 Å². The normalized spacial score (nSPS) is 57.0. The van der Waals surface area contributed by atoms with Gasteiger partial charge in [0.15, 0.2) is 0 Å². The monoisotopic (exact) mass is 440 g/mol. The number of allylic oxidation sites excluding steroid dienone is 4. The molecule has 3 rings (SSSR count). The van der Waals surface area contributed by atoms with Gasteiger partial charge in [0, 0.05) is 0 Å². The summed E-state index contributed by atoms with van der Waals surface area (Å²) in [6.07, 6.45) is 0. The van der Waals surface area contributed by atoms with Crippen LogP contribution in [0.25, 0.3) is 0 Å². The average molecular weight is 441 g/mol. The molecular weight excluding hydrogens is 384 g/mol. The fourth-order valence-electron chi connectivity index (χ4n) is 10.6. The average Bonchev–Trinajstić information content (AvgIpc) is 2.90. The van der Waals surface area contributed by atoms with Crippen LogP contribution in [0.15, 0.2) is 22.3 Å². The second-order valence-corrected chi connectivity index (χ2v) is 13.9. The zero-order valence-corrected chi connectivity index (χ0v) is 24.6. The first-order valence-electron chi connectivity index (χ1n) is 13.8. The molecule has 0 aromatic heterocycles. The Hall–Kier alpha value is -0.520. The van der Waals surface area contributed by atoms with Crippen LogP contribution in [0.1, 0.15) is 111 Å². The lowest BCUT2D eigenvalue weighted by Gasteiger charge is -2.70. The van der Waals surface area contributed by atoms with E-state index in [9.17, 15) is 0 Å². The second-order valence-electron chi connectivity index (χ2n) is 13.9. The third kappa shape index (κ3) is 2.52.